The van der Waals surface area contributed by atoms with Crippen LogP contribution in [0.3, 0.4) is 0 Å². The zero-order valence-electron chi connectivity index (χ0n) is 10.6. The maximum Gasteiger partial charge on any atom is 0.0346 e. The monoisotopic (exact) mass is 260 g/mol. The summed E-state index contributed by atoms with van der Waals surface area (Å²) in [6.45, 7) is 3.06. The minimum atomic E-state index is 0.581. The topological polar surface area (TPSA) is 29.3 Å². The van der Waals surface area contributed by atoms with Gasteiger partial charge in [0.05, 0.1) is 0 Å². The van der Waals surface area contributed by atoms with E-state index in [9.17, 15) is 0 Å². The third-order valence-corrected chi connectivity index (χ3v) is 4.97. The van der Waals surface area contributed by atoms with Crippen molar-refractivity contribution in [1.82, 2.24) is 4.90 Å². The van der Waals surface area contributed by atoms with Crippen molar-refractivity contribution in [3.05, 3.63) is 35.2 Å². The fourth-order valence-corrected chi connectivity index (χ4v) is 3.86. The van der Waals surface area contributed by atoms with Gasteiger partial charge >= 0.3 is 0 Å². The maximum absolute atomic E-state index is 5.90. The predicted octanol–water partition coefficient (Wildman–Crippen LogP) is 3.21. The van der Waals surface area contributed by atoms with E-state index >= 15 is 0 Å². The lowest BCUT2D eigenvalue weighted by atomic mass is 10.0. The number of likely N-dealkylation sites (tertiary alicyclic amines) is 1. The Bertz CT molecular complexity index is 520. The summed E-state index contributed by atoms with van der Waals surface area (Å²) in [5.41, 5.74) is 7.36. The molecule has 0 bridgehead atoms. The van der Waals surface area contributed by atoms with Gasteiger partial charge < -0.3 is 5.73 Å². The molecule has 0 spiro atoms. The second-order valence-corrected chi connectivity index (χ2v) is 6.02. The van der Waals surface area contributed by atoms with E-state index in [4.69, 9.17) is 5.73 Å². The lowest BCUT2D eigenvalue weighted by Crippen LogP contribution is -2.43. The van der Waals surface area contributed by atoms with Crippen LogP contribution in [0.15, 0.2) is 29.6 Å². The lowest BCUT2D eigenvalue weighted by Gasteiger charge is -2.34. The number of nitrogens with two attached hydrogens (primary N) is 1. The van der Waals surface area contributed by atoms with Gasteiger partial charge in [-0.05, 0) is 41.8 Å². The zero-order chi connectivity index (χ0) is 12.4. The molecule has 2 aromatic rings. The van der Waals surface area contributed by atoms with Gasteiger partial charge in [0.1, 0.15) is 0 Å². The molecule has 0 amide bonds. The normalized spacial score (nSPS) is 21.5. The molecule has 18 heavy (non-hydrogen) atoms. The first kappa shape index (κ1) is 12.2. The van der Waals surface area contributed by atoms with Crippen LogP contribution in [0.1, 0.15) is 24.8 Å². The zero-order valence-corrected chi connectivity index (χ0v) is 11.5. The molecule has 1 aliphatic heterocycles. The summed E-state index contributed by atoms with van der Waals surface area (Å²) in [4.78, 5) is 2.57. The molecular formula is C15H20N2S. The van der Waals surface area contributed by atoms with Crippen LogP contribution in [0.5, 0.6) is 0 Å². The van der Waals surface area contributed by atoms with E-state index in [1.807, 2.05) is 11.3 Å². The van der Waals surface area contributed by atoms with Gasteiger partial charge in [-0.15, -0.1) is 11.3 Å². The van der Waals surface area contributed by atoms with Gasteiger partial charge in [0.25, 0.3) is 0 Å². The Morgan fingerprint density at radius 1 is 1.28 bits per heavy atom. The minimum Gasteiger partial charge on any atom is -0.329 e. The van der Waals surface area contributed by atoms with Crippen LogP contribution in [-0.4, -0.2) is 24.0 Å². The molecule has 1 unspecified atom stereocenters. The first-order valence-corrected chi connectivity index (χ1v) is 7.65. The molecule has 1 aromatic carbocycles. The smallest absolute Gasteiger partial charge is 0.0346 e. The number of piperidine rings is 1. The van der Waals surface area contributed by atoms with Crippen LogP contribution >= 0.6 is 11.3 Å². The molecule has 1 atom stereocenters. The largest absolute Gasteiger partial charge is 0.329 e. The third-order valence-electron chi connectivity index (χ3n) is 3.96. The molecule has 2 N–H and O–H groups in total. The molecule has 1 saturated heterocycles. The van der Waals surface area contributed by atoms with Crippen molar-refractivity contribution in [2.24, 2.45) is 5.73 Å². The van der Waals surface area contributed by atoms with Crippen LogP contribution < -0.4 is 5.73 Å². The summed E-state index contributed by atoms with van der Waals surface area (Å²) in [6, 6.07) is 9.28. The highest BCUT2D eigenvalue weighted by atomic mass is 32.1. The fraction of sp³-hybridized carbons (Fsp3) is 0.467. The number of hydrogen-bond acceptors (Lipinski definition) is 3. The summed E-state index contributed by atoms with van der Waals surface area (Å²) in [5, 5.41) is 3.73. The van der Waals surface area contributed by atoms with Gasteiger partial charge in [0.15, 0.2) is 0 Å². The number of rotatable bonds is 3. The maximum atomic E-state index is 5.90. The third kappa shape index (κ3) is 2.30. The Balaban J connectivity index is 1.82. The first-order valence-electron chi connectivity index (χ1n) is 6.77. The molecule has 3 heteroatoms. The standard InChI is InChI=1S/C15H20N2S/c16-9-13-5-3-4-8-17(13)10-12-11-18-15-7-2-1-6-14(12)15/h1-2,6-7,11,13H,3-5,8-10,16H2. The van der Waals surface area contributed by atoms with Crippen LogP contribution in [-0.2, 0) is 6.54 Å². The molecule has 0 aliphatic carbocycles. The highest BCUT2D eigenvalue weighted by Crippen LogP contribution is 2.28. The van der Waals surface area contributed by atoms with Crippen molar-refractivity contribution in [2.75, 3.05) is 13.1 Å². The van der Waals surface area contributed by atoms with Gasteiger partial charge in [0.2, 0.25) is 0 Å². The number of benzene rings is 1. The van der Waals surface area contributed by atoms with Gasteiger partial charge in [-0.2, -0.15) is 0 Å². The molecule has 0 saturated carbocycles. The van der Waals surface area contributed by atoms with E-state index in [1.165, 1.54) is 41.5 Å². The highest BCUT2D eigenvalue weighted by Gasteiger charge is 2.21. The molecule has 1 aromatic heterocycles. The van der Waals surface area contributed by atoms with Gasteiger partial charge in [-0.1, -0.05) is 24.6 Å². The van der Waals surface area contributed by atoms with E-state index in [0.29, 0.717) is 6.04 Å². The van der Waals surface area contributed by atoms with Crippen LogP contribution in [0.2, 0.25) is 0 Å². The Labute approximate surface area is 112 Å². The fourth-order valence-electron chi connectivity index (χ4n) is 2.91. The Morgan fingerprint density at radius 3 is 3.06 bits per heavy atom. The van der Waals surface area contributed by atoms with Crippen molar-refractivity contribution in [3.63, 3.8) is 0 Å². The number of hydrogen-bond donors (Lipinski definition) is 1. The van der Waals surface area contributed by atoms with E-state index in [1.54, 1.807) is 0 Å². The Hall–Kier alpha value is -0.900. The van der Waals surface area contributed by atoms with Crippen molar-refractivity contribution in [2.45, 2.75) is 31.8 Å². The summed E-state index contributed by atoms with van der Waals surface area (Å²) in [6.07, 6.45) is 3.92. The summed E-state index contributed by atoms with van der Waals surface area (Å²) >= 11 is 1.85. The summed E-state index contributed by atoms with van der Waals surface area (Å²) in [5.74, 6) is 0. The number of thiophene rings is 1. The predicted molar refractivity (Wildman–Crippen MR) is 78.9 cm³/mol. The van der Waals surface area contributed by atoms with Crippen LogP contribution in [0, 0.1) is 0 Å². The van der Waals surface area contributed by atoms with E-state index < -0.39 is 0 Å². The molecular weight excluding hydrogens is 240 g/mol. The second kappa shape index (κ2) is 5.39. The van der Waals surface area contributed by atoms with Crippen molar-refractivity contribution in [1.29, 1.82) is 0 Å². The Kier molecular flexibility index (Phi) is 3.64. The van der Waals surface area contributed by atoms with Crippen molar-refractivity contribution < 1.29 is 0 Å². The molecule has 1 aliphatic rings. The molecule has 3 rings (SSSR count). The lowest BCUT2D eigenvalue weighted by molar-refractivity contribution is 0.145. The minimum absolute atomic E-state index is 0.581. The van der Waals surface area contributed by atoms with Crippen LogP contribution in [0.4, 0.5) is 0 Å². The van der Waals surface area contributed by atoms with E-state index in [0.717, 1.165) is 13.1 Å². The summed E-state index contributed by atoms with van der Waals surface area (Å²) < 4.78 is 1.40. The quantitative estimate of drug-likeness (QED) is 0.918. The molecule has 96 valence electrons. The average molecular weight is 260 g/mol. The first-order chi connectivity index (χ1) is 8.88. The molecule has 1 fully saturated rings. The second-order valence-electron chi connectivity index (χ2n) is 5.11. The highest BCUT2D eigenvalue weighted by molar-refractivity contribution is 7.17. The van der Waals surface area contributed by atoms with Crippen LogP contribution in [0.25, 0.3) is 10.1 Å². The number of nitrogens with zero attached hydrogens (tertiary/aromatic N) is 1. The summed E-state index contributed by atoms with van der Waals surface area (Å²) in [7, 11) is 0. The van der Waals surface area contributed by atoms with Gasteiger partial charge in [-0.3, -0.25) is 4.90 Å². The van der Waals surface area contributed by atoms with E-state index in [2.05, 4.69) is 34.5 Å². The molecule has 0 radical (unpaired) electrons. The van der Waals surface area contributed by atoms with Crippen molar-refractivity contribution in [3.8, 4) is 0 Å². The van der Waals surface area contributed by atoms with Crippen molar-refractivity contribution >= 4 is 21.4 Å². The molecule has 2 heterocycles. The van der Waals surface area contributed by atoms with Gasteiger partial charge in [0, 0.05) is 23.8 Å². The molecule has 2 nitrogen and oxygen atoms in total. The number of fused-ring (bicyclic) bond motifs is 1. The average Bonchev–Trinajstić information content (AvgIpc) is 2.83. The van der Waals surface area contributed by atoms with E-state index in [-0.39, 0.29) is 0 Å². The van der Waals surface area contributed by atoms with Gasteiger partial charge in [-0.25, -0.2) is 0 Å². The Morgan fingerprint density at radius 2 is 2.17 bits per heavy atom. The SMILES string of the molecule is NCC1CCCCN1Cc1csc2ccccc12.